The molecule has 0 radical (unpaired) electrons. The molecule has 0 atom stereocenters. The predicted octanol–water partition coefficient (Wildman–Crippen LogP) is 1.24. The van der Waals surface area contributed by atoms with E-state index in [9.17, 15) is 13.5 Å². The molecule has 7 heteroatoms. The van der Waals surface area contributed by atoms with Crippen LogP contribution in [0.3, 0.4) is 0 Å². The first-order valence-electron chi connectivity index (χ1n) is 6.60. The molecule has 6 nitrogen and oxygen atoms in total. The number of ether oxygens (including phenoxy) is 1. The van der Waals surface area contributed by atoms with Crippen molar-refractivity contribution < 1.29 is 22.7 Å². The zero-order valence-electron chi connectivity index (χ0n) is 12.0. The average molecular weight is 303 g/mol. The molecule has 114 valence electrons. The van der Waals surface area contributed by atoms with Gasteiger partial charge >= 0.3 is 0 Å². The second kappa shape index (κ2) is 5.48. The van der Waals surface area contributed by atoms with Crippen molar-refractivity contribution in [2.75, 3.05) is 13.7 Å². The number of methoxy groups -OCH3 is 1. The van der Waals surface area contributed by atoms with Crippen LogP contribution in [0.4, 0.5) is 0 Å². The highest BCUT2D eigenvalue weighted by atomic mass is 32.2. The van der Waals surface area contributed by atoms with Gasteiger partial charge in [-0.05, 0) is 33.1 Å². The van der Waals surface area contributed by atoms with Gasteiger partial charge in [-0.2, -0.15) is 0 Å². The van der Waals surface area contributed by atoms with Crippen LogP contribution in [0.1, 0.15) is 36.3 Å². The van der Waals surface area contributed by atoms with Crippen LogP contribution < -0.4 is 4.72 Å². The molecule has 1 aliphatic rings. The fraction of sp³-hybridized carbons (Fsp3) is 0.692. The Kier molecular flexibility index (Phi) is 4.24. The van der Waals surface area contributed by atoms with Gasteiger partial charge in [0.1, 0.15) is 16.4 Å². The molecule has 0 spiro atoms. The number of aliphatic hydroxyl groups is 1. The molecule has 0 unspecified atom stereocenters. The molecular weight excluding hydrogens is 282 g/mol. The summed E-state index contributed by atoms with van der Waals surface area (Å²) in [5.41, 5.74) is -0.0749. The topological polar surface area (TPSA) is 88.8 Å². The van der Waals surface area contributed by atoms with Crippen LogP contribution in [0, 0.1) is 13.8 Å². The molecule has 0 aliphatic heterocycles. The summed E-state index contributed by atoms with van der Waals surface area (Å²) < 4.78 is 38.1. The summed E-state index contributed by atoms with van der Waals surface area (Å²) in [5.74, 6) is 0.717. The molecular formula is C13H21NO5S. The maximum Gasteiger partial charge on any atom is 0.244 e. The monoisotopic (exact) mass is 303 g/mol. The van der Waals surface area contributed by atoms with Crippen molar-refractivity contribution in [3.63, 3.8) is 0 Å². The van der Waals surface area contributed by atoms with E-state index in [4.69, 9.17) is 9.15 Å². The van der Waals surface area contributed by atoms with Crippen molar-refractivity contribution in [1.82, 2.24) is 4.72 Å². The van der Waals surface area contributed by atoms with E-state index in [1.54, 1.807) is 21.0 Å². The van der Waals surface area contributed by atoms with Gasteiger partial charge in [0.25, 0.3) is 0 Å². The predicted molar refractivity (Wildman–Crippen MR) is 72.9 cm³/mol. The SMILES string of the molecule is COC1(CNS(=O)(=O)c2c(C)oc(C)c2CO)CCC1. The van der Waals surface area contributed by atoms with Crippen LogP contribution in [0.15, 0.2) is 9.31 Å². The molecule has 2 rings (SSSR count). The van der Waals surface area contributed by atoms with E-state index in [0.29, 0.717) is 17.1 Å². The lowest BCUT2D eigenvalue weighted by molar-refractivity contribution is -0.0659. The van der Waals surface area contributed by atoms with Crippen molar-refractivity contribution in [3.8, 4) is 0 Å². The van der Waals surface area contributed by atoms with Gasteiger partial charge in [-0.1, -0.05) is 0 Å². The summed E-state index contributed by atoms with van der Waals surface area (Å²) in [5, 5.41) is 9.33. The Morgan fingerprint density at radius 1 is 1.35 bits per heavy atom. The number of hydrogen-bond acceptors (Lipinski definition) is 5. The van der Waals surface area contributed by atoms with Gasteiger partial charge < -0.3 is 14.3 Å². The molecule has 1 aromatic rings. The fourth-order valence-corrected chi connectivity index (χ4v) is 4.12. The summed E-state index contributed by atoms with van der Waals surface area (Å²) in [4.78, 5) is 0.0445. The minimum atomic E-state index is -3.72. The van der Waals surface area contributed by atoms with Crippen molar-refractivity contribution in [2.24, 2.45) is 0 Å². The lowest BCUT2D eigenvalue weighted by atomic mass is 9.80. The molecule has 1 saturated carbocycles. The highest BCUT2D eigenvalue weighted by molar-refractivity contribution is 7.89. The molecule has 0 saturated heterocycles. The number of hydrogen-bond donors (Lipinski definition) is 2. The van der Waals surface area contributed by atoms with Crippen molar-refractivity contribution in [3.05, 3.63) is 17.1 Å². The van der Waals surface area contributed by atoms with Crippen molar-refractivity contribution in [2.45, 2.75) is 50.2 Å². The van der Waals surface area contributed by atoms with Gasteiger partial charge in [0.05, 0.1) is 12.2 Å². The maximum absolute atomic E-state index is 12.4. The van der Waals surface area contributed by atoms with E-state index in [0.717, 1.165) is 19.3 Å². The quantitative estimate of drug-likeness (QED) is 0.825. The number of rotatable bonds is 6. The van der Waals surface area contributed by atoms with E-state index in [1.807, 2.05) is 0 Å². The minimum Gasteiger partial charge on any atom is -0.465 e. The molecule has 0 amide bonds. The Morgan fingerprint density at radius 3 is 2.45 bits per heavy atom. The first-order valence-corrected chi connectivity index (χ1v) is 8.08. The molecule has 0 bridgehead atoms. The van der Waals surface area contributed by atoms with E-state index in [1.165, 1.54) is 0 Å². The van der Waals surface area contributed by atoms with Gasteiger partial charge in [0.2, 0.25) is 10.0 Å². The molecule has 1 aliphatic carbocycles. The second-order valence-corrected chi connectivity index (χ2v) is 6.95. The standard InChI is InChI=1S/C13H21NO5S/c1-9-11(7-15)12(10(2)19-9)20(16,17)14-8-13(18-3)5-4-6-13/h14-15H,4-8H2,1-3H3. The van der Waals surface area contributed by atoms with E-state index < -0.39 is 10.0 Å². The zero-order chi connectivity index (χ0) is 15.0. The molecule has 0 aromatic carbocycles. The smallest absolute Gasteiger partial charge is 0.244 e. The minimum absolute atomic E-state index is 0.0445. The molecule has 2 N–H and O–H groups in total. The summed E-state index contributed by atoms with van der Waals surface area (Å²) in [6, 6.07) is 0. The van der Waals surface area contributed by atoms with Crippen LogP contribution in [0.5, 0.6) is 0 Å². The first-order chi connectivity index (χ1) is 9.35. The fourth-order valence-electron chi connectivity index (χ4n) is 2.57. The Labute approximate surface area is 119 Å². The lowest BCUT2D eigenvalue weighted by Gasteiger charge is -2.40. The number of nitrogens with one attached hydrogen (secondary N) is 1. The number of aryl methyl sites for hydroxylation is 2. The van der Waals surface area contributed by atoms with Gasteiger partial charge in [-0.3, -0.25) is 0 Å². The summed E-state index contributed by atoms with van der Waals surface area (Å²) in [7, 11) is -2.12. The third-order valence-electron chi connectivity index (χ3n) is 4.03. The summed E-state index contributed by atoms with van der Waals surface area (Å²) in [6.45, 7) is 3.09. The Bertz CT molecular complexity index is 581. The van der Waals surface area contributed by atoms with Crippen molar-refractivity contribution >= 4 is 10.0 Å². The van der Waals surface area contributed by atoms with Gasteiger partial charge in [-0.15, -0.1) is 0 Å². The molecule has 20 heavy (non-hydrogen) atoms. The Balaban J connectivity index is 2.23. The molecule has 1 aromatic heterocycles. The van der Waals surface area contributed by atoms with Gasteiger partial charge in [0, 0.05) is 19.2 Å². The normalized spacial score (nSPS) is 18.0. The Morgan fingerprint density at radius 2 is 2.00 bits per heavy atom. The van der Waals surface area contributed by atoms with Crippen LogP contribution in [-0.2, 0) is 21.4 Å². The molecule has 1 fully saturated rings. The van der Waals surface area contributed by atoms with Gasteiger partial charge in [-0.25, -0.2) is 13.1 Å². The number of aliphatic hydroxyl groups excluding tert-OH is 1. The van der Waals surface area contributed by atoms with Crippen LogP contribution in [0.25, 0.3) is 0 Å². The van der Waals surface area contributed by atoms with E-state index >= 15 is 0 Å². The van der Waals surface area contributed by atoms with E-state index in [-0.39, 0.29) is 23.6 Å². The van der Waals surface area contributed by atoms with Crippen LogP contribution >= 0.6 is 0 Å². The van der Waals surface area contributed by atoms with Crippen LogP contribution in [-0.4, -0.2) is 32.8 Å². The Hall–Kier alpha value is -0.890. The first kappa shape index (κ1) is 15.5. The third kappa shape index (κ3) is 2.63. The largest absolute Gasteiger partial charge is 0.465 e. The average Bonchev–Trinajstić information content (AvgIpc) is 2.63. The van der Waals surface area contributed by atoms with E-state index in [2.05, 4.69) is 4.72 Å². The maximum atomic E-state index is 12.4. The number of sulfonamides is 1. The van der Waals surface area contributed by atoms with Crippen LogP contribution in [0.2, 0.25) is 0 Å². The second-order valence-electron chi connectivity index (χ2n) is 5.25. The lowest BCUT2D eigenvalue weighted by Crippen LogP contribution is -2.49. The highest BCUT2D eigenvalue weighted by Gasteiger charge is 2.38. The number of furan rings is 1. The zero-order valence-corrected chi connectivity index (χ0v) is 12.8. The summed E-state index contributed by atoms with van der Waals surface area (Å²) >= 11 is 0. The van der Waals surface area contributed by atoms with Gasteiger partial charge in [0.15, 0.2) is 0 Å². The molecule has 1 heterocycles. The van der Waals surface area contributed by atoms with Crippen molar-refractivity contribution in [1.29, 1.82) is 0 Å². The summed E-state index contributed by atoms with van der Waals surface area (Å²) in [6.07, 6.45) is 2.74. The highest BCUT2D eigenvalue weighted by Crippen LogP contribution is 2.35. The third-order valence-corrected chi connectivity index (χ3v) is 5.63.